The summed E-state index contributed by atoms with van der Waals surface area (Å²) in [5.41, 5.74) is 8.42. The predicted molar refractivity (Wildman–Crippen MR) is 128 cm³/mol. The van der Waals surface area contributed by atoms with Crippen molar-refractivity contribution in [3.8, 4) is 0 Å². The average molecular weight is 390 g/mol. The zero-order chi connectivity index (χ0) is 21.0. The fourth-order valence-electron chi connectivity index (χ4n) is 5.79. The lowest BCUT2D eigenvalue weighted by molar-refractivity contribution is 0.353. The third kappa shape index (κ3) is 4.65. The Morgan fingerprint density at radius 3 is 2.62 bits per heavy atom. The molecule has 4 atom stereocenters. The van der Waals surface area contributed by atoms with E-state index in [0.717, 1.165) is 23.8 Å². The van der Waals surface area contributed by atoms with Gasteiger partial charge in [-0.2, -0.15) is 0 Å². The molecule has 0 bridgehead atoms. The largest absolute Gasteiger partial charge is 0.265 e. The summed E-state index contributed by atoms with van der Waals surface area (Å²) in [7, 11) is 0. The molecule has 0 aliphatic heterocycles. The maximum Gasteiger partial charge on any atom is 0.0545 e. The smallest absolute Gasteiger partial charge is 0.0545 e. The first-order chi connectivity index (χ1) is 14.0. The van der Waals surface area contributed by atoms with Crippen molar-refractivity contribution in [2.75, 3.05) is 0 Å². The molecule has 1 fully saturated rings. The highest BCUT2D eigenvalue weighted by atomic mass is 14.8. The van der Waals surface area contributed by atoms with E-state index in [4.69, 9.17) is 4.99 Å². The maximum atomic E-state index is 4.79. The van der Waals surface area contributed by atoms with Crippen LogP contribution in [0, 0.1) is 23.7 Å². The molecule has 0 aromatic heterocycles. The van der Waals surface area contributed by atoms with Gasteiger partial charge in [0.25, 0.3) is 0 Å². The highest BCUT2D eigenvalue weighted by Gasteiger charge is 2.39. The third-order valence-electron chi connectivity index (χ3n) is 7.04. The second-order valence-electron chi connectivity index (χ2n) is 9.19. The number of allylic oxidation sites excluding steroid dienone is 4. The Bertz CT molecular complexity index is 823. The molecule has 4 unspecified atom stereocenters. The zero-order valence-corrected chi connectivity index (χ0v) is 19.2. The SMILES string of the molecule is C=C(C)C1=C(/N=C\C)C(C2CC(Cc3cccc(CCC)c3CC)CC2C)C=C1. The lowest BCUT2D eigenvalue weighted by atomic mass is 9.83. The van der Waals surface area contributed by atoms with Gasteiger partial charge in [0.2, 0.25) is 0 Å². The molecule has 0 N–H and O–H groups in total. The molecule has 2 aliphatic carbocycles. The van der Waals surface area contributed by atoms with Crippen LogP contribution in [0.5, 0.6) is 0 Å². The first-order valence-electron chi connectivity index (χ1n) is 11.7. The summed E-state index contributed by atoms with van der Waals surface area (Å²) in [6.45, 7) is 15.4. The summed E-state index contributed by atoms with van der Waals surface area (Å²) in [6, 6.07) is 7.01. The Morgan fingerprint density at radius 1 is 1.21 bits per heavy atom. The average Bonchev–Trinajstić information content (AvgIpc) is 3.25. The summed E-state index contributed by atoms with van der Waals surface area (Å²) in [4.78, 5) is 4.79. The van der Waals surface area contributed by atoms with Crippen molar-refractivity contribution in [3.05, 3.63) is 70.5 Å². The second kappa shape index (κ2) is 9.74. The van der Waals surface area contributed by atoms with Crippen LogP contribution in [-0.4, -0.2) is 6.21 Å². The molecule has 0 amide bonds. The van der Waals surface area contributed by atoms with Gasteiger partial charge >= 0.3 is 0 Å². The maximum absolute atomic E-state index is 4.79. The van der Waals surface area contributed by atoms with Crippen LogP contribution in [0.3, 0.4) is 0 Å². The molecule has 0 saturated heterocycles. The van der Waals surface area contributed by atoms with Crippen LogP contribution in [-0.2, 0) is 19.3 Å². The lowest BCUT2D eigenvalue weighted by Crippen LogP contribution is -2.16. The first kappa shape index (κ1) is 21.8. The molecule has 0 spiro atoms. The van der Waals surface area contributed by atoms with Crippen molar-refractivity contribution < 1.29 is 0 Å². The van der Waals surface area contributed by atoms with Gasteiger partial charge in [-0.05, 0) is 91.5 Å². The molecule has 0 heterocycles. The van der Waals surface area contributed by atoms with Crippen LogP contribution in [0.4, 0.5) is 0 Å². The number of rotatable bonds is 8. The summed E-state index contributed by atoms with van der Waals surface area (Å²) >= 11 is 0. The zero-order valence-electron chi connectivity index (χ0n) is 19.2. The van der Waals surface area contributed by atoms with Crippen LogP contribution >= 0.6 is 0 Å². The molecule has 1 aromatic carbocycles. The summed E-state index contributed by atoms with van der Waals surface area (Å²) in [5, 5.41) is 0. The quantitative estimate of drug-likeness (QED) is 0.408. The van der Waals surface area contributed by atoms with Gasteiger partial charge < -0.3 is 0 Å². The predicted octanol–water partition coefficient (Wildman–Crippen LogP) is 7.51. The van der Waals surface area contributed by atoms with Gasteiger partial charge in [-0.25, -0.2) is 0 Å². The van der Waals surface area contributed by atoms with E-state index in [2.05, 4.69) is 64.6 Å². The van der Waals surface area contributed by atoms with Gasteiger partial charge in [-0.3, -0.25) is 4.99 Å². The molecule has 3 rings (SSSR count). The first-order valence-corrected chi connectivity index (χ1v) is 11.7. The van der Waals surface area contributed by atoms with Crippen molar-refractivity contribution in [1.29, 1.82) is 0 Å². The number of benzene rings is 1. The highest BCUT2D eigenvalue weighted by molar-refractivity contribution is 5.59. The fraction of sp³-hybridized carbons (Fsp3) is 0.536. The van der Waals surface area contributed by atoms with Crippen molar-refractivity contribution >= 4 is 6.21 Å². The van der Waals surface area contributed by atoms with E-state index in [-0.39, 0.29) is 0 Å². The molecule has 29 heavy (non-hydrogen) atoms. The van der Waals surface area contributed by atoms with Gasteiger partial charge in [0.15, 0.2) is 0 Å². The molecule has 0 radical (unpaired) electrons. The number of aryl methyl sites for hydroxylation is 1. The Balaban J connectivity index is 1.78. The number of hydrogen-bond donors (Lipinski definition) is 0. The summed E-state index contributed by atoms with van der Waals surface area (Å²) in [6.07, 6.45) is 14.1. The van der Waals surface area contributed by atoms with E-state index >= 15 is 0 Å². The van der Waals surface area contributed by atoms with Crippen molar-refractivity contribution in [2.24, 2.45) is 28.7 Å². The minimum Gasteiger partial charge on any atom is -0.265 e. The van der Waals surface area contributed by atoms with Crippen LogP contribution in [0.15, 0.2) is 58.8 Å². The molecule has 1 heteroatoms. The van der Waals surface area contributed by atoms with Crippen LogP contribution < -0.4 is 0 Å². The topological polar surface area (TPSA) is 12.4 Å². The molecular formula is C28H39N. The molecule has 2 aliphatic rings. The summed E-state index contributed by atoms with van der Waals surface area (Å²) in [5.74, 6) is 2.67. The van der Waals surface area contributed by atoms with E-state index in [1.54, 1.807) is 16.7 Å². The van der Waals surface area contributed by atoms with Gasteiger partial charge in [-0.1, -0.05) is 64.1 Å². The third-order valence-corrected chi connectivity index (χ3v) is 7.04. The van der Waals surface area contributed by atoms with Gasteiger partial charge in [0, 0.05) is 12.1 Å². The normalized spacial score (nSPS) is 26.8. The van der Waals surface area contributed by atoms with E-state index < -0.39 is 0 Å². The number of hydrogen-bond acceptors (Lipinski definition) is 1. The summed E-state index contributed by atoms with van der Waals surface area (Å²) < 4.78 is 0. The van der Waals surface area contributed by atoms with E-state index in [1.165, 1.54) is 43.4 Å². The minimum atomic E-state index is 0.454. The monoisotopic (exact) mass is 389 g/mol. The van der Waals surface area contributed by atoms with Crippen molar-refractivity contribution in [1.82, 2.24) is 0 Å². The Labute approximate surface area is 178 Å². The molecule has 1 saturated carbocycles. The highest BCUT2D eigenvalue weighted by Crippen LogP contribution is 2.48. The Hall–Kier alpha value is -1.89. The van der Waals surface area contributed by atoms with Gasteiger partial charge in [0.1, 0.15) is 0 Å². The van der Waals surface area contributed by atoms with Crippen LogP contribution in [0.2, 0.25) is 0 Å². The molecule has 156 valence electrons. The van der Waals surface area contributed by atoms with E-state index in [9.17, 15) is 0 Å². The number of aliphatic imine (C=N–C) groups is 1. The van der Waals surface area contributed by atoms with E-state index in [0.29, 0.717) is 11.8 Å². The molecular weight excluding hydrogens is 350 g/mol. The molecule has 1 nitrogen and oxygen atoms in total. The molecule has 1 aromatic rings. The Kier molecular flexibility index (Phi) is 7.33. The second-order valence-corrected chi connectivity index (χ2v) is 9.19. The van der Waals surface area contributed by atoms with Crippen molar-refractivity contribution in [2.45, 2.75) is 73.1 Å². The van der Waals surface area contributed by atoms with Crippen LogP contribution in [0.25, 0.3) is 0 Å². The van der Waals surface area contributed by atoms with Gasteiger partial charge in [-0.15, -0.1) is 0 Å². The van der Waals surface area contributed by atoms with Crippen LogP contribution in [0.1, 0.15) is 70.6 Å². The standard InChI is InChI=1S/C28H39N/c1-7-11-22-12-10-13-23(24(22)8-2)17-21-16-20(6)27(18-21)26-15-14-25(19(4)5)28(26)29-9-3/h9-10,12-15,20-21,26-27H,4,7-8,11,16-18H2,1-3,5-6H3/b29-9-. The van der Waals surface area contributed by atoms with Gasteiger partial charge in [0.05, 0.1) is 5.70 Å². The number of nitrogens with zero attached hydrogens (tertiary/aromatic N) is 1. The fourth-order valence-corrected chi connectivity index (χ4v) is 5.79. The van der Waals surface area contributed by atoms with Crippen molar-refractivity contribution in [3.63, 3.8) is 0 Å². The van der Waals surface area contributed by atoms with E-state index in [1.807, 2.05) is 13.1 Å². The minimum absolute atomic E-state index is 0.454. The lowest BCUT2D eigenvalue weighted by Gasteiger charge is -2.23. The Morgan fingerprint density at radius 2 is 1.97 bits per heavy atom.